The van der Waals surface area contributed by atoms with Crippen LogP contribution < -0.4 is 15.8 Å². The van der Waals surface area contributed by atoms with Gasteiger partial charge in [-0.25, -0.2) is 0 Å². The van der Waals surface area contributed by atoms with E-state index in [9.17, 15) is 0 Å². The summed E-state index contributed by atoms with van der Waals surface area (Å²) < 4.78 is 9.64. The number of hydrogen-bond donors (Lipinski definition) is 2. The Balaban J connectivity index is 1.59. The Morgan fingerprint density at radius 3 is 2.48 bits per heavy atom. The largest absolute Gasteiger partial charge is 0.489 e. The van der Waals surface area contributed by atoms with E-state index in [0.29, 0.717) is 11.7 Å². The van der Waals surface area contributed by atoms with Crippen LogP contribution in [0.4, 0.5) is 16.8 Å². The summed E-state index contributed by atoms with van der Waals surface area (Å²) in [5.74, 6) is 1.10. The van der Waals surface area contributed by atoms with Gasteiger partial charge in [0.05, 0.1) is 0 Å². The minimum absolute atomic E-state index is 0.283. The smallest absolute Gasteiger partial charge is 0.233 e. The van der Waals surface area contributed by atoms with E-state index in [1.165, 1.54) is 11.5 Å². The second kappa shape index (κ2) is 6.23. The van der Waals surface area contributed by atoms with Gasteiger partial charge in [-0.2, -0.15) is 9.36 Å². The fourth-order valence-electron chi connectivity index (χ4n) is 1.78. The van der Waals surface area contributed by atoms with Crippen LogP contribution in [0.2, 0.25) is 0 Å². The summed E-state index contributed by atoms with van der Waals surface area (Å²) in [4.78, 5) is 4.05. The molecule has 0 spiro atoms. The van der Waals surface area contributed by atoms with Crippen molar-refractivity contribution >= 4 is 28.3 Å². The van der Waals surface area contributed by atoms with Crippen LogP contribution in [-0.4, -0.2) is 9.36 Å². The summed E-state index contributed by atoms with van der Waals surface area (Å²) in [7, 11) is 0. The zero-order chi connectivity index (χ0) is 14.5. The molecule has 0 saturated carbocycles. The normalized spacial score (nSPS) is 10.3. The number of ether oxygens (including phenoxy) is 1. The molecule has 106 valence electrons. The van der Waals surface area contributed by atoms with E-state index in [4.69, 9.17) is 10.5 Å². The molecule has 0 aliphatic carbocycles. The van der Waals surface area contributed by atoms with Gasteiger partial charge in [-0.1, -0.05) is 30.3 Å². The van der Waals surface area contributed by atoms with Gasteiger partial charge in [0.2, 0.25) is 11.1 Å². The third kappa shape index (κ3) is 3.70. The Morgan fingerprint density at radius 1 is 1.05 bits per heavy atom. The SMILES string of the molecule is Nc1nsc(Nc2ccc(OCc3ccccc3)cc2)n1. The predicted molar refractivity (Wildman–Crippen MR) is 84.8 cm³/mol. The lowest BCUT2D eigenvalue weighted by Gasteiger charge is -2.07. The molecule has 0 unspecified atom stereocenters. The molecule has 0 saturated heterocycles. The lowest BCUT2D eigenvalue weighted by Crippen LogP contribution is -1.95. The van der Waals surface area contributed by atoms with Gasteiger partial charge in [-0.3, -0.25) is 0 Å². The molecular formula is C15H14N4OS. The van der Waals surface area contributed by atoms with Crippen molar-refractivity contribution in [1.82, 2.24) is 9.36 Å². The van der Waals surface area contributed by atoms with Crippen molar-refractivity contribution in [1.29, 1.82) is 0 Å². The summed E-state index contributed by atoms with van der Waals surface area (Å²) in [6, 6.07) is 17.7. The van der Waals surface area contributed by atoms with Gasteiger partial charge in [-0.05, 0) is 29.8 Å². The molecule has 0 bridgehead atoms. The Labute approximate surface area is 126 Å². The molecule has 3 rings (SSSR count). The van der Waals surface area contributed by atoms with Crippen molar-refractivity contribution in [2.45, 2.75) is 6.61 Å². The number of nitrogens with two attached hydrogens (primary N) is 1. The van der Waals surface area contributed by atoms with Gasteiger partial charge in [-0.15, -0.1) is 0 Å². The first kappa shape index (κ1) is 13.4. The highest BCUT2D eigenvalue weighted by Gasteiger charge is 2.01. The summed E-state index contributed by atoms with van der Waals surface area (Å²) in [6.07, 6.45) is 0. The molecule has 0 radical (unpaired) electrons. The van der Waals surface area contributed by atoms with Crippen LogP contribution in [-0.2, 0) is 6.61 Å². The van der Waals surface area contributed by atoms with Gasteiger partial charge in [0.15, 0.2) is 0 Å². The summed E-state index contributed by atoms with van der Waals surface area (Å²) in [5, 5.41) is 3.81. The molecule has 0 fully saturated rings. The average molecular weight is 298 g/mol. The van der Waals surface area contributed by atoms with Crippen LogP contribution in [0.1, 0.15) is 5.56 Å². The van der Waals surface area contributed by atoms with Crippen LogP contribution in [0.3, 0.4) is 0 Å². The Hall–Kier alpha value is -2.60. The molecule has 0 amide bonds. The number of aromatic nitrogens is 2. The molecule has 1 aromatic heterocycles. The van der Waals surface area contributed by atoms with Crippen LogP contribution >= 0.6 is 11.5 Å². The molecule has 3 aromatic rings. The zero-order valence-electron chi connectivity index (χ0n) is 11.2. The molecule has 1 heterocycles. The van der Waals surface area contributed by atoms with E-state index in [0.717, 1.165) is 17.0 Å². The molecule has 0 aliphatic heterocycles. The Morgan fingerprint density at radius 2 is 1.81 bits per heavy atom. The van der Waals surface area contributed by atoms with E-state index in [1.54, 1.807) is 0 Å². The highest BCUT2D eigenvalue weighted by Crippen LogP contribution is 2.22. The number of rotatable bonds is 5. The molecule has 2 aromatic carbocycles. The molecule has 5 nitrogen and oxygen atoms in total. The second-order valence-electron chi connectivity index (χ2n) is 4.38. The first-order valence-corrected chi connectivity index (χ1v) is 7.20. The van der Waals surface area contributed by atoms with Crippen LogP contribution in [0, 0.1) is 0 Å². The number of nitrogen functional groups attached to an aromatic ring is 1. The standard InChI is InChI=1S/C15H14N4OS/c16-14-18-15(21-19-14)17-12-6-8-13(9-7-12)20-10-11-4-2-1-3-5-11/h1-9H,10H2,(H3,16,17,18,19). The molecular weight excluding hydrogens is 284 g/mol. The summed E-state index contributed by atoms with van der Waals surface area (Å²) in [5.41, 5.74) is 7.54. The number of anilines is 3. The van der Waals surface area contributed by atoms with E-state index >= 15 is 0 Å². The van der Waals surface area contributed by atoms with Gasteiger partial charge < -0.3 is 15.8 Å². The fourth-order valence-corrected chi connectivity index (χ4v) is 2.30. The van der Waals surface area contributed by atoms with Crippen LogP contribution in [0.15, 0.2) is 54.6 Å². The quantitative estimate of drug-likeness (QED) is 0.755. The van der Waals surface area contributed by atoms with Crippen LogP contribution in [0.5, 0.6) is 5.75 Å². The second-order valence-corrected chi connectivity index (χ2v) is 5.13. The van der Waals surface area contributed by atoms with Crippen LogP contribution in [0.25, 0.3) is 0 Å². The molecule has 0 atom stereocenters. The van der Waals surface area contributed by atoms with Gasteiger partial charge in [0.25, 0.3) is 0 Å². The van der Waals surface area contributed by atoms with Crippen molar-refractivity contribution in [3.05, 3.63) is 60.2 Å². The van der Waals surface area contributed by atoms with Crippen molar-refractivity contribution in [2.24, 2.45) is 0 Å². The van der Waals surface area contributed by atoms with Gasteiger partial charge in [0.1, 0.15) is 12.4 Å². The van der Waals surface area contributed by atoms with Gasteiger partial charge in [0, 0.05) is 17.2 Å². The number of benzene rings is 2. The maximum Gasteiger partial charge on any atom is 0.233 e. The highest BCUT2D eigenvalue weighted by molar-refractivity contribution is 7.10. The van der Waals surface area contributed by atoms with E-state index in [2.05, 4.69) is 14.7 Å². The van der Waals surface area contributed by atoms with Crippen molar-refractivity contribution in [3.63, 3.8) is 0 Å². The maximum absolute atomic E-state index is 5.73. The molecule has 0 aliphatic rings. The third-order valence-electron chi connectivity index (χ3n) is 2.80. The Kier molecular flexibility index (Phi) is 3.97. The average Bonchev–Trinajstić information content (AvgIpc) is 2.93. The molecule has 3 N–H and O–H groups in total. The number of hydrogen-bond acceptors (Lipinski definition) is 6. The maximum atomic E-state index is 5.73. The minimum atomic E-state index is 0.283. The zero-order valence-corrected chi connectivity index (χ0v) is 12.0. The van der Waals surface area contributed by atoms with Gasteiger partial charge >= 0.3 is 0 Å². The van der Waals surface area contributed by atoms with Crippen molar-refractivity contribution in [3.8, 4) is 5.75 Å². The lowest BCUT2D eigenvalue weighted by atomic mass is 10.2. The molecule has 21 heavy (non-hydrogen) atoms. The van der Waals surface area contributed by atoms with Crippen molar-refractivity contribution in [2.75, 3.05) is 11.1 Å². The monoisotopic (exact) mass is 298 g/mol. The first-order chi connectivity index (χ1) is 10.3. The number of nitrogens with zero attached hydrogens (tertiary/aromatic N) is 2. The Bertz CT molecular complexity index is 697. The summed E-state index contributed by atoms with van der Waals surface area (Å²) in [6.45, 7) is 0.556. The summed E-state index contributed by atoms with van der Waals surface area (Å²) >= 11 is 1.23. The fraction of sp³-hybridized carbons (Fsp3) is 0.0667. The number of nitrogens with one attached hydrogen (secondary N) is 1. The van der Waals surface area contributed by atoms with E-state index in [1.807, 2.05) is 54.6 Å². The van der Waals surface area contributed by atoms with Crippen molar-refractivity contribution < 1.29 is 4.74 Å². The van der Waals surface area contributed by atoms with E-state index in [-0.39, 0.29) is 5.95 Å². The third-order valence-corrected chi connectivity index (χ3v) is 3.44. The lowest BCUT2D eigenvalue weighted by molar-refractivity contribution is 0.306. The van der Waals surface area contributed by atoms with E-state index < -0.39 is 0 Å². The topological polar surface area (TPSA) is 73.1 Å². The minimum Gasteiger partial charge on any atom is -0.489 e. The predicted octanol–water partition coefficient (Wildman–Crippen LogP) is 3.44. The highest BCUT2D eigenvalue weighted by atomic mass is 32.1. The first-order valence-electron chi connectivity index (χ1n) is 6.42. The molecule has 6 heteroatoms.